The summed E-state index contributed by atoms with van der Waals surface area (Å²) >= 11 is 1.22. The largest absolute Gasteiger partial charge is 0.411 e. The number of carbonyl (C=O) groups excluding carboxylic acids is 1. The molecule has 0 bridgehead atoms. The van der Waals surface area contributed by atoms with E-state index in [4.69, 9.17) is 4.42 Å². The van der Waals surface area contributed by atoms with Crippen LogP contribution in [0.1, 0.15) is 31.9 Å². The number of rotatable bonds is 5. The fourth-order valence-electron chi connectivity index (χ4n) is 2.54. The minimum atomic E-state index is -0.111. The summed E-state index contributed by atoms with van der Waals surface area (Å²) in [5, 5.41) is 11.3. The molecule has 0 unspecified atom stereocenters. The highest BCUT2D eigenvalue weighted by atomic mass is 32.2. The van der Waals surface area contributed by atoms with Crippen molar-refractivity contribution in [3.8, 4) is 11.5 Å². The first-order valence-electron chi connectivity index (χ1n) is 8.75. The van der Waals surface area contributed by atoms with E-state index in [2.05, 4.69) is 48.4 Å². The second-order valence-electron chi connectivity index (χ2n) is 7.41. The lowest BCUT2D eigenvalue weighted by Gasteiger charge is -2.18. The molecule has 1 heterocycles. The lowest BCUT2D eigenvalue weighted by Crippen LogP contribution is -2.13. The lowest BCUT2D eigenvalue weighted by atomic mass is 9.87. The molecule has 0 radical (unpaired) electrons. The van der Waals surface area contributed by atoms with Crippen LogP contribution >= 0.6 is 11.8 Å². The molecule has 0 atom stereocenters. The van der Waals surface area contributed by atoms with Crippen molar-refractivity contribution in [2.24, 2.45) is 0 Å². The zero-order valence-corrected chi connectivity index (χ0v) is 16.8. The summed E-state index contributed by atoms with van der Waals surface area (Å²) in [4.78, 5) is 12.1. The first-order chi connectivity index (χ1) is 12.8. The fourth-order valence-corrected chi connectivity index (χ4v) is 3.11. The van der Waals surface area contributed by atoms with Gasteiger partial charge in [-0.05, 0) is 47.7 Å². The third kappa shape index (κ3) is 5.20. The number of aryl methyl sites for hydroxylation is 1. The normalized spacial score (nSPS) is 11.4. The molecule has 1 amide bonds. The molecule has 5 nitrogen and oxygen atoms in total. The van der Waals surface area contributed by atoms with Gasteiger partial charge in [-0.2, -0.15) is 0 Å². The number of carbonyl (C=O) groups is 1. The van der Waals surface area contributed by atoms with E-state index in [-0.39, 0.29) is 17.1 Å². The van der Waals surface area contributed by atoms with Gasteiger partial charge in [0.25, 0.3) is 5.22 Å². The van der Waals surface area contributed by atoms with Crippen LogP contribution in [0.4, 0.5) is 5.69 Å². The van der Waals surface area contributed by atoms with Crippen molar-refractivity contribution < 1.29 is 9.21 Å². The average Bonchev–Trinajstić information content (AvgIpc) is 3.08. The van der Waals surface area contributed by atoms with Gasteiger partial charge in [-0.1, -0.05) is 56.8 Å². The molecule has 3 rings (SSSR count). The molecule has 0 spiro atoms. The van der Waals surface area contributed by atoms with Gasteiger partial charge in [-0.15, -0.1) is 10.2 Å². The van der Waals surface area contributed by atoms with Crippen LogP contribution < -0.4 is 5.32 Å². The molecule has 2 aromatic carbocycles. The summed E-state index contributed by atoms with van der Waals surface area (Å²) in [7, 11) is 0. The Bertz CT molecular complexity index is 927. The van der Waals surface area contributed by atoms with E-state index in [0.717, 1.165) is 16.8 Å². The molecule has 140 valence electrons. The maximum atomic E-state index is 12.1. The Balaban J connectivity index is 1.58. The van der Waals surface area contributed by atoms with Gasteiger partial charge < -0.3 is 9.73 Å². The minimum absolute atomic E-state index is 0.0963. The summed E-state index contributed by atoms with van der Waals surface area (Å²) in [6.07, 6.45) is 0. The van der Waals surface area contributed by atoms with Crippen molar-refractivity contribution in [3.63, 3.8) is 0 Å². The highest BCUT2D eigenvalue weighted by Gasteiger charge is 2.15. The van der Waals surface area contributed by atoms with E-state index < -0.39 is 0 Å². The molecule has 3 aromatic rings. The van der Waals surface area contributed by atoms with Gasteiger partial charge in [-0.3, -0.25) is 4.79 Å². The monoisotopic (exact) mass is 381 g/mol. The van der Waals surface area contributed by atoms with Crippen molar-refractivity contribution in [1.82, 2.24) is 10.2 Å². The number of amides is 1. The van der Waals surface area contributed by atoms with Crippen LogP contribution in [-0.4, -0.2) is 21.9 Å². The van der Waals surface area contributed by atoms with Crippen molar-refractivity contribution in [2.45, 2.75) is 38.3 Å². The minimum Gasteiger partial charge on any atom is -0.411 e. The molecule has 6 heteroatoms. The van der Waals surface area contributed by atoms with Crippen LogP contribution in [0.3, 0.4) is 0 Å². The first kappa shape index (κ1) is 19.2. The zero-order valence-electron chi connectivity index (χ0n) is 15.9. The van der Waals surface area contributed by atoms with Crippen LogP contribution in [0.25, 0.3) is 11.5 Å². The smallest absolute Gasteiger partial charge is 0.277 e. The van der Waals surface area contributed by atoms with Crippen LogP contribution in [0.15, 0.2) is 58.2 Å². The van der Waals surface area contributed by atoms with E-state index in [1.165, 1.54) is 17.3 Å². The fraction of sp³-hybridized carbons (Fsp3) is 0.286. The van der Waals surface area contributed by atoms with Gasteiger partial charge in [0, 0.05) is 11.3 Å². The molecule has 0 aliphatic heterocycles. The predicted molar refractivity (Wildman–Crippen MR) is 109 cm³/mol. The SMILES string of the molecule is Cc1cccc(NC(=O)CSc2nnc(-c3ccc(C(C)(C)C)cc3)o2)c1. The average molecular weight is 382 g/mol. The number of hydrogen-bond donors (Lipinski definition) is 1. The topological polar surface area (TPSA) is 68.0 Å². The van der Waals surface area contributed by atoms with Gasteiger partial charge in [0.05, 0.1) is 5.75 Å². The van der Waals surface area contributed by atoms with Crippen LogP contribution in [0, 0.1) is 6.92 Å². The number of aromatic nitrogens is 2. The number of nitrogens with zero attached hydrogens (tertiary/aromatic N) is 2. The Morgan fingerprint density at radius 1 is 1.11 bits per heavy atom. The van der Waals surface area contributed by atoms with E-state index in [9.17, 15) is 4.79 Å². The molecule has 27 heavy (non-hydrogen) atoms. The standard InChI is InChI=1S/C21H23N3O2S/c1-14-6-5-7-17(12-14)22-18(25)13-27-20-24-23-19(26-20)15-8-10-16(11-9-15)21(2,3)4/h5-12H,13H2,1-4H3,(H,22,25). The maximum Gasteiger partial charge on any atom is 0.277 e. The Morgan fingerprint density at radius 3 is 2.52 bits per heavy atom. The summed E-state index contributed by atoms with van der Waals surface area (Å²) in [5.41, 5.74) is 4.09. The summed E-state index contributed by atoms with van der Waals surface area (Å²) in [6, 6.07) is 15.8. The van der Waals surface area contributed by atoms with Gasteiger partial charge in [0.15, 0.2) is 0 Å². The van der Waals surface area contributed by atoms with Crippen molar-refractivity contribution in [2.75, 3.05) is 11.1 Å². The molecule has 0 aliphatic rings. The zero-order chi connectivity index (χ0) is 19.4. The molecule has 0 fully saturated rings. The van der Waals surface area contributed by atoms with Crippen molar-refractivity contribution in [3.05, 3.63) is 59.7 Å². The Hall–Kier alpha value is -2.60. The summed E-state index contributed by atoms with van der Waals surface area (Å²) < 4.78 is 5.68. The number of anilines is 1. The summed E-state index contributed by atoms with van der Waals surface area (Å²) in [6.45, 7) is 8.50. The first-order valence-corrected chi connectivity index (χ1v) is 9.73. The van der Waals surface area contributed by atoms with E-state index >= 15 is 0 Å². The predicted octanol–water partition coefficient (Wildman–Crippen LogP) is 5.07. The van der Waals surface area contributed by atoms with Gasteiger partial charge in [0.1, 0.15) is 0 Å². The second-order valence-corrected chi connectivity index (χ2v) is 8.33. The Morgan fingerprint density at radius 2 is 1.85 bits per heavy atom. The van der Waals surface area contributed by atoms with Gasteiger partial charge in [0.2, 0.25) is 11.8 Å². The second kappa shape index (κ2) is 7.96. The quantitative estimate of drug-likeness (QED) is 0.625. The molecule has 1 N–H and O–H groups in total. The van der Waals surface area contributed by atoms with Crippen LogP contribution in [-0.2, 0) is 10.2 Å². The third-order valence-electron chi connectivity index (χ3n) is 4.03. The molecule has 0 aliphatic carbocycles. The number of benzene rings is 2. The summed E-state index contributed by atoms with van der Waals surface area (Å²) in [5.74, 6) is 0.551. The molecule has 0 saturated heterocycles. The van der Waals surface area contributed by atoms with E-state index in [1.54, 1.807) is 0 Å². The maximum absolute atomic E-state index is 12.1. The molecular weight excluding hydrogens is 358 g/mol. The molecule has 0 saturated carbocycles. The van der Waals surface area contributed by atoms with Crippen molar-refractivity contribution >= 4 is 23.4 Å². The van der Waals surface area contributed by atoms with Crippen LogP contribution in [0.2, 0.25) is 0 Å². The number of thioether (sulfide) groups is 1. The molecule has 1 aromatic heterocycles. The highest BCUT2D eigenvalue weighted by Crippen LogP contribution is 2.27. The lowest BCUT2D eigenvalue weighted by molar-refractivity contribution is -0.113. The van der Waals surface area contributed by atoms with Crippen LogP contribution in [0.5, 0.6) is 0 Å². The van der Waals surface area contributed by atoms with E-state index in [0.29, 0.717) is 11.1 Å². The number of hydrogen-bond acceptors (Lipinski definition) is 5. The van der Waals surface area contributed by atoms with E-state index in [1.807, 2.05) is 43.3 Å². The number of nitrogens with one attached hydrogen (secondary N) is 1. The third-order valence-corrected chi connectivity index (χ3v) is 4.85. The van der Waals surface area contributed by atoms with Gasteiger partial charge in [-0.25, -0.2) is 0 Å². The van der Waals surface area contributed by atoms with Crippen molar-refractivity contribution in [1.29, 1.82) is 0 Å². The highest BCUT2D eigenvalue weighted by molar-refractivity contribution is 7.99. The Kier molecular flexibility index (Phi) is 5.65. The molecular formula is C21H23N3O2S. The van der Waals surface area contributed by atoms with Gasteiger partial charge >= 0.3 is 0 Å². The Labute approximate surface area is 163 Å².